The molecular formula is C22H22N2O6. The van der Waals surface area contributed by atoms with Crippen molar-refractivity contribution in [2.45, 2.75) is 26.0 Å². The number of nitrogens with zero attached hydrogens (tertiary/aromatic N) is 1. The molecular weight excluding hydrogens is 388 g/mol. The zero-order valence-corrected chi connectivity index (χ0v) is 16.9. The maximum absolute atomic E-state index is 12.4. The van der Waals surface area contributed by atoms with Crippen LogP contribution in [-0.4, -0.2) is 17.9 Å². The van der Waals surface area contributed by atoms with E-state index < -0.39 is 22.3 Å². The second kappa shape index (κ2) is 8.69. The highest BCUT2D eigenvalue weighted by atomic mass is 16.6. The molecule has 0 radical (unpaired) electrons. The van der Waals surface area contributed by atoms with Gasteiger partial charge in [-0.15, -0.1) is 0 Å². The lowest BCUT2D eigenvalue weighted by Gasteiger charge is -2.26. The van der Waals surface area contributed by atoms with Gasteiger partial charge in [-0.2, -0.15) is 0 Å². The van der Waals surface area contributed by atoms with E-state index in [4.69, 9.17) is 13.9 Å². The topological polar surface area (TPSA) is 104 Å². The zero-order chi connectivity index (χ0) is 21.7. The van der Waals surface area contributed by atoms with Crippen molar-refractivity contribution in [2.24, 2.45) is 0 Å². The van der Waals surface area contributed by atoms with Crippen molar-refractivity contribution in [2.75, 3.05) is 7.11 Å². The molecule has 8 nitrogen and oxygen atoms in total. The predicted octanol–water partition coefficient (Wildman–Crippen LogP) is 4.44. The fraction of sp³-hybridized carbons (Fsp3) is 0.227. The van der Waals surface area contributed by atoms with Crippen molar-refractivity contribution in [3.8, 4) is 11.5 Å². The summed E-state index contributed by atoms with van der Waals surface area (Å²) in [5, 5.41) is 13.5. The lowest BCUT2D eigenvalue weighted by molar-refractivity contribution is -0.402. The Morgan fingerprint density at radius 1 is 1.03 bits per heavy atom. The summed E-state index contributed by atoms with van der Waals surface area (Å²) in [4.78, 5) is 22.4. The van der Waals surface area contributed by atoms with Gasteiger partial charge in [0.2, 0.25) is 0 Å². The molecule has 0 atom stereocenters. The van der Waals surface area contributed by atoms with Crippen LogP contribution < -0.4 is 14.8 Å². The van der Waals surface area contributed by atoms with E-state index in [1.807, 2.05) is 62.4 Å². The normalized spacial score (nSPS) is 11.0. The van der Waals surface area contributed by atoms with Crippen molar-refractivity contribution in [1.82, 2.24) is 5.32 Å². The van der Waals surface area contributed by atoms with E-state index in [0.717, 1.165) is 28.7 Å². The number of methoxy groups -OCH3 is 1. The van der Waals surface area contributed by atoms with Gasteiger partial charge in [0, 0.05) is 0 Å². The smallest absolute Gasteiger partial charge is 0.433 e. The number of hydrogen-bond donors (Lipinski definition) is 1. The summed E-state index contributed by atoms with van der Waals surface area (Å²) in [6.07, 6.45) is 0. The van der Waals surface area contributed by atoms with E-state index in [-0.39, 0.29) is 5.76 Å². The number of benzene rings is 2. The van der Waals surface area contributed by atoms with Gasteiger partial charge in [-0.1, -0.05) is 24.3 Å². The number of ether oxygens (including phenoxy) is 2. The molecule has 1 aromatic heterocycles. The molecule has 0 unspecified atom stereocenters. The summed E-state index contributed by atoms with van der Waals surface area (Å²) in [5.74, 6) is 0.388. The molecule has 1 amide bonds. The van der Waals surface area contributed by atoms with E-state index in [9.17, 15) is 14.9 Å². The van der Waals surface area contributed by atoms with Crippen LogP contribution in [-0.2, 0) is 12.1 Å². The Labute approximate surface area is 173 Å². The third-order valence-corrected chi connectivity index (χ3v) is 4.56. The molecule has 0 spiro atoms. The van der Waals surface area contributed by atoms with E-state index in [2.05, 4.69) is 5.32 Å². The van der Waals surface area contributed by atoms with E-state index >= 15 is 0 Å². The molecule has 0 bridgehead atoms. The van der Waals surface area contributed by atoms with Gasteiger partial charge in [0.15, 0.2) is 5.76 Å². The van der Waals surface area contributed by atoms with Crippen molar-refractivity contribution in [1.29, 1.82) is 0 Å². The number of rotatable bonds is 8. The van der Waals surface area contributed by atoms with Crippen LogP contribution in [0.4, 0.5) is 5.88 Å². The lowest BCUT2D eigenvalue weighted by atomic mass is 9.93. The van der Waals surface area contributed by atoms with Crippen LogP contribution in [0.2, 0.25) is 0 Å². The summed E-state index contributed by atoms with van der Waals surface area (Å²) in [6, 6.07) is 17.4. The summed E-state index contributed by atoms with van der Waals surface area (Å²) in [5.41, 5.74) is 1.12. The molecule has 0 fully saturated rings. The molecule has 0 saturated carbocycles. The molecule has 3 rings (SSSR count). The van der Waals surface area contributed by atoms with Crippen molar-refractivity contribution in [3.05, 3.63) is 87.7 Å². The van der Waals surface area contributed by atoms with Crippen LogP contribution >= 0.6 is 0 Å². The molecule has 30 heavy (non-hydrogen) atoms. The van der Waals surface area contributed by atoms with E-state index in [1.165, 1.54) is 6.07 Å². The standard InChI is InChI=1S/C22H22N2O6/c1-22(2,23-21(25)19-12-13-20(30-19)24(26)27)16-6-4-15(5-7-16)14-29-18-10-8-17(28-3)9-11-18/h4-13H,14H2,1-3H3,(H,23,25). The van der Waals surface area contributed by atoms with Crippen LogP contribution in [0.25, 0.3) is 0 Å². The molecule has 1 heterocycles. The summed E-state index contributed by atoms with van der Waals surface area (Å²) in [7, 11) is 1.61. The zero-order valence-electron chi connectivity index (χ0n) is 16.9. The summed E-state index contributed by atoms with van der Waals surface area (Å²) >= 11 is 0. The number of carbonyl (C=O) groups is 1. The molecule has 1 N–H and O–H groups in total. The summed E-state index contributed by atoms with van der Waals surface area (Å²) in [6.45, 7) is 4.08. The molecule has 8 heteroatoms. The first-order valence-corrected chi connectivity index (χ1v) is 9.21. The third-order valence-electron chi connectivity index (χ3n) is 4.56. The highest BCUT2D eigenvalue weighted by Gasteiger charge is 2.26. The van der Waals surface area contributed by atoms with Gasteiger partial charge >= 0.3 is 5.88 Å². The maximum atomic E-state index is 12.4. The molecule has 2 aromatic carbocycles. The minimum absolute atomic E-state index is 0.112. The van der Waals surface area contributed by atoms with Gasteiger partial charge in [-0.25, -0.2) is 0 Å². The van der Waals surface area contributed by atoms with Gasteiger partial charge in [-0.3, -0.25) is 14.9 Å². The number of hydrogen-bond acceptors (Lipinski definition) is 6. The number of nitro groups is 1. The van der Waals surface area contributed by atoms with Gasteiger partial charge in [0.25, 0.3) is 5.91 Å². The Bertz CT molecular complexity index is 1020. The van der Waals surface area contributed by atoms with Gasteiger partial charge < -0.3 is 19.2 Å². The second-order valence-corrected chi connectivity index (χ2v) is 7.14. The Kier molecular flexibility index (Phi) is 6.06. The minimum Gasteiger partial charge on any atom is -0.497 e. The SMILES string of the molecule is COc1ccc(OCc2ccc(C(C)(C)NC(=O)c3ccc([N+](=O)[O-])o3)cc2)cc1. The largest absolute Gasteiger partial charge is 0.497 e. The van der Waals surface area contributed by atoms with Crippen LogP contribution in [0.15, 0.2) is 65.1 Å². The summed E-state index contributed by atoms with van der Waals surface area (Å²) < 4.78 is 15.9. The number of furan rings is 1. The quantitative estimate of drug-likeness (QED) is 0.435. The fourth-order valence-electron chi connectivity index (χ4n) is 2.82. The average molecular weight is 410 g/mol. The Hall–Kier alpha value is -3.81. The van der Waals surface area contributed by atoms with Gasteiger partial charge in [-0.05, 0) is 55.3 Å². The lowest BCUT2D eigenvalue weighted by Crippen LogP contribution is -2.40. The van der Waals surface area contributed by atoms with E-state index in [0.29, 0.717) is 6.61 Å². The van der Waals surface area contributed by atoms with Crippen molar-refractivity contribution in [3.63, 3.8) is 0 Å². The predicted molar refractivity (Wildman–Crippen MR) is 110 cm³/mol. The van der Waals surface area contributed by atoms with Crippen LogP contribution in [0.3, 0.4) is 0 Å². The first kappa shape index (κ1) is 20.9. The molecule has 156 valence electrons. The highest BCUT2D eigenvalue weighted by molar-refractivity contribution is 5.92. The molecule has 0 saturated heterocycles. The van der Waals surface area contributed by atoms with Crippen molar-refractivity contribution < 1.29 is 23.6 Å². The highest BCUT2D eigenvalue weighted by Crippen LogP contribution is 2.23. The first-order chi connectivity index (χ1) is 14.3. The van der Waals surface area contributed by atoms with Crippen LogP contribution in [0.1, 0.15) is 35.5 Å². The number of amides is 1. The van der Waals surface area contributed by atoms with Gasteiger partial charge in [0.05, 0.1) is 18.7 Å². The fourth-order valence-corrected chi connectivity index (χ4v) is 2.82. The number of carbonyl (C=O) groups excluding carboxylic acids is 1. The second-order valence-electron chi connectivity index (χ2n) is 7.14. The molecule has 0 aliphatic rings. The Morgan fingerprint density at radius 2 is 1.67 bits per heavy atom. The molecule has 3 aromatic rings. The first-order valence-electron chi connectivity index (χ1n) is 9.21. The van der Waals surface area contributed by atoms with Crippen LogP contribution in [0.5, 0.6) is 11.5 Å². The monoisotopic (exact) mass is 410 g/mol. The number of nitrogens with one attached hydrogen (secondary N) is 1. The van der Waals surface area contributed by atoms with Gasteiger partial charge in [0.1, 0.15) is 23.0 Å². The molecule has 0 aliphatic carbocycles. The van der Waals surface area contributed by atoms with Crippen LogP contribution in [0, 0.1) is 10.1 Å². The average Bonchev–Trinajstić information content (AvgIpc) is 3.23. The van der Waals surface area contributed by atoms with E-state index in [1.54, 1.807) is 7.11 Å². The minimum atomic E-state index is -0.714. The Balaban J connectivity index is 1.61. The Morgan fingerprint density at radius 3 is 2.23 bits per heavy atom. The maximum Gasteiger partial charge on any atom is 0.433 e. The molecule has 0 aliphatic heterocycles. The third kappa shape index (κ3) is 4.96. The van der Waals surface area contributed by atoms with Crippen molar-refractivity contribution >= 4 is 11.8 Å².